The zero-order valence-electron chi connectivity index (χ0n) is 22.9. The van der Waals surface area contributed by atoms with Crippen LogP contribution < -0.4 is 4.74 Å². The molecule has 1 unspecified atom stereocenters. The number of carbonyl (C=O) groups is 1. The smallest absolute Gasteiger partial charge is 0.410 e. The zero-order valence-corrected chi connectivity index (χ0v) is 23.7. The van der Waals surface area contributed by atoms with Crippen LogP contribution in [0.1, 0.15) is 44.9 Å². The first kappa shape index (κ1) is 28.6. The van der Waals surface area contributed by atoms with E-state index in [1.54, 1.807) is 23.1 Å². The summed E-state index contributed by atoms with van der Waals surface area (Å²) >= 11 is 0. The number of aliphatic hydroxyl groups excluding tert-OH is 1. The van der Waals surface area contributed by atoms with Crippen LogP contribution in [0.5, 0.6) is 5.75 Å². The lowest BCUT2D eigenvalue weighted by molar-refractivity contribution is 0.0236. The number of rotatable bonds is 7. The maximum absolute atomic E-state index is 12.9. The van der Waals surface area contributed by atoms with Gasteiger partial charge < -0.3 is 19.5 Å². The highest BCUT2D eigenvalue weighted by molar-refractivity contribution is 7.91. The number of fused-ring (bicyclic) bond motifs is 1. The van der Waals surface area contributed by atoms with Crippen molar-refractivity contribution in [2.24, 2.45) is 0 Å². The van der Waals surface area contributed by atoms with E-state index in [1.165, 1.54) is 12.1 Å². The third-order valence-corrected chi connectivity index (χ3v) is 8.15. The van der Waals surface area contributed by atoms with Gasteiger partial charge in [-0.1, -0.05) is 29.8 Å². The number of hydrogen-bond donors (Lipinski definition) is 1. The Morgan fingerprint density at radius 3 is 2.44 bits per heavy atom. The SMILES string of the molecule is Cc1cc(COc2ccc(S(=O)(=O)CC(O)C=C3CCN(C(=O)OC(C)(C)C)CC3)cc2)c2ccccc2n1. The van der Waals surface area contributed by atoms with Gasteiger partial charge in [-0.25, -0.2) is 13.2 Å². The molecule has 208 valence electrons. The molecule has 4 rings (SSSR count). The molecule has 1 aliphatic heterocycles. The number of likely N-dealkylation sites (tertiary alicyclic amines) is 1. The first-order chi connectivity index (χ1) is 18.4. The summed E-state index contributed by atoms with van der Waals surface area (Å²) in [5, 5.41) is 11.5. The number of piperidine rings is 1. The molecule has 9 heteroatoms. The molecular formula is C30H36N2O6S. The number of carbonyl (C=O) groups excluding carboxylic acids is 1. The predicted molar refractivity (Wildman–Crippen MR) is 150 cm³/mol. The number of aliphatic hydroxyl groups is 1. The van der Waals surface area contributed by atoms with E-state index in [2.05, 4.69) is 4.98 Å². The number of hydrogen-bond acceptors (Lipinski definition) is 7. The molecule has 1 amide bonds. The molecule has 1 aromatic heterocycles. The second-order valence-corrected chi connectivity index (χ2v) is 12.9. The van der Waals surface area contributed by atoms with E-state index in [-0.39, 0.29) is 11.0 Å². The van der Waals surface area contributed by atoms with E-state index in [0.717, 1.165) is 27.7 Å². The normalized spacial score (nSPS) is 15.2. The first-order valence-electron chi connectivity index (χ1n) is 13.1. The monoisotopic (exact) mass is 552 g/mol. The number of aromatic nitrogens is 1. The zero-order chi connectivity index (χ0) is 28.2. The maximum atomic E-state index is 12.9. The molecule has 0 bridgehead atoms. The van der Waals surface area contributed by atoms with Gasteiger partial charge in [-0.3, -0.25) is 4.98 Å². The third kappa shape index (κ3) is 7.80. The number of pyridine rings is 1. The van der Waals surface area contributed by atoms with Gasteiger partial charge in [-0.2, -0.15) is 0 Å². The van der Waals surface area contributed by atoms with Crippen molar-refractivity contribution in [3.05, 3.63) is 77.5 Å². The molecule has 1 fully saturated rings. The van der Waals surface area contributed by atoms with E-state index in [4.69, 9.17) is 9.47 Å². The van der Waals surface area contributed by atoms with Crippen molar-refractivity contribution in [1.29, 1.82) is 0 Å². The summed E-state index contributed by atoms with van der Waals surface area (Å²) < 4.78 is 37.2. The van der Waals surface area contributed by atoms with Crippen LogP contribution in [-0.2, 0) is 21.2 Å². The highest BCUT2D eigenvalue weighted by atomic mass is 32.2. The lowest BCUT2D eigenvalue weighted by Gasteiger charge is -2.31. The molecule has 0 aliphatic carbocycles. The summed E-state index contributed by atoms with van der Waals surface area (Å²) in [5.74, 6) is 0.126. The molecule has 1 N–H and O–H groups in total. The van der Waals surface area contributed by atoms with Gasteiger partial charge in [-0.05, 0) is 76.9 Å². The lowest BCUT2D eigenvalue weighted by Crippen LogP contribution is -2.40. The minimum absolute atomic E-state index is 0.122. The molecule has 2 heterocycles. The number of sulfone groups is 1. The highest BCUT2D eigenvalue weighted by Crippen LogP contribution is 2.24. The summed E-state index contributed by atoms with van der Waals surface area (Å²) in [6, 6.07) is 16.1. The Bertz CT molecular complexity index is 1450. The van der Waals surface area contributed by atoms with Crippen LogP contribution in [0, 0.1) is 6.92 Å². The van der Waals surface area contributed by atoms with Gasteiger partial charge in [0.15, 0.2) is 9.84 Å². The Hall–Kier alpha value is -3.43. The van der Waals surface area contributed by atoms with Crippen LogP contribution >= 0.6 is 0 Å². The number of ether oxygens (including phenoxy) is 2. The molecule has 1 atom stereocenters. The van der Waals surface area contributed by atoms with Gasteiger partial charge in [0.1, 0.15) is 18.0 Å². The Morgan fingerprint density at radius 1 is 1.10 bits per heavy atom. The van der Waals surface area contributed by atoms with Crippen LogP contribution in [0.25, 0.3) is 10.9 Å². The standard InChI is InChI=1S/C30H36N2O6S/c1-21-17-23(27-7-5-6-8-28(27)31-21)19-37-25-9-11-26(12-10-25)39(35,36)20-24(33)18-22-13-15-32(16-14-22)29(34)38-30(2,3)4/h5-12,17-18,24,33H,13-16,19-20H2,1-4H3. The van der Waals surface area contributed by atoms with Crippen molar-refractivity contribution >= 4 is 26.8 Å². The van der Waals surface area contributed by atoms with Gasteiger partial charge in [0, 0.05) is 29.7 Å². The number of nitrogens with zero attached hydrogens (tertiary/aromatic N) is 2. The second-order valence-electron chi connectivity index (χ2n) is 10.8. The Morgan fingerprint density at radius 2 is 1.77 bits per heavy atom. The maximum Gasteiger partial charge on any atom is 0.410 e. The Balaban J connectivity index is 1.32. The molecule has 0 spiro atoms. The topological polar surface area (TPSA) is 106 Å². The van der Waals surface area contributed by atoms with Crippen molar-refractivity contribution in [1.82, 2.24) is 9.88 Å². The van der Waals surface area contributed by atoms with Gasteiger partial charge in [0.2, 0.25) is 0 Å². The van der Waals surface area contributed by atoms with Crippen LogP contribution in [0.4, 0.5) is 4.79 Å². The Labute approximate surface area is 230 Å². The van der Waals surface area contributed by atoms with Crippen molar-refractivity contribution in [3.8, 4) is 5.75 Å². The molecule has 39 heavy (non-hydrogen) atoms. The second kappa shape index (κ2) is 11.8. The molecule has 1 aliphatic rings. The van der Waals surface area contributed by atoms with Crippen LogP contribution in [-0.4, -0.2) is 60.0 Å². The van der Waals surface area contributed by atoms with Crippen LogP contribution in [0.15, 0.2) is 71.1 Å². The summed E-state index contributed by atoms with van der Waals surface area (Å²) in [6.45, 7) is 8.67. The van der Waals surface area contributed by atoms with Crippen molar-refractivity contribution < 1.29 is 27.8 Å². The van der Waals surface area contributed by atoms with Crippen LogP contribution in [0.2, 0.25) is 0 Å². The summed E-state index contributed by atoms with van der Waals surface area (Å²) in [7, 11) is -3.72. The summed E-state index contributed by atoms with van der Waals surface area (Å²) in [4.78, 5) is 18.5. The van der Waals surface area contributed by atoms with Crippen LogP contribution in [0.3, 0.4) is 0 Å². The van der Waals surface area contributed by atoms with Gasteiger partial charge >= 0.3 is 6.09 Å². The quantitative estimate of drug-likeness (QED) is 0.401. The number of amides is 1. The fraction of sp³-hybridized carbons (Fsp3) is 0.400. The lowest BCUT2D eigenvalue weighted by atomic mass is 10.0. The molecule has 0 radical (unpaired) electrons. The van der Waals surface area contributed by atoms with E-state index < -0.39 is 27.3 Å². The average Bonchev–Trinajstić information content (AvgIpc) is 2.86. The first-order valence-corrected chi connectivity index (χ1v) is 14.7. The average molecular weight is 553 g/mol. The molecule has 2 aromatic carbocycles. The number of para-hydroxylation sites is 1. The van der Waals surface area contributed by atoms with Crippen molar-refractivity contribution in [2.45, 2.75) is 63.7 Å². The molecule has 8 nitrogen and oxygen atoms in total. The predicted octanol–water partition coefficient (Wildman–Crippen LogP) is 5.21. The van der Waals surface area contributed by atoms with Gasteiger partial charge in [0.25, 0.3) is 0 Å². The fourth-order valence-electron chi connectivity index (χ4n) is 4.53. The highest BCUT2D eigenvalue weighted by Gasteiger charge is 2.25. The van der Waals surface area contributed by atoms with E-state index in [9.17, 15) is 18.3 Å². The molecule has 0 saturated carbocycles. The molecule has 1 saturated heterocycles. The van der Waals surface area contributed by atoms with Crippen molar-refractivity contribution in [2.75, 3.05) is 18.8 Å². The molecular weight excluding hydrogens is 516 g/mol. The number of benzene rings is 2. The number of aryl methyl sites for hydroxylation is 1. The summed E-state index contributed by atoms with van der Waals surface area (Å²) in [6.07, 6.45) is 1.23. The minimum atomic E-state index is -3.72. The fourth-order valence-corrected chi connectivity index (χ4v) is 5.82. The van der Waals surface area contributed by atoms with Gasteiger partial charge in [-0.15, -0.1) is 0 Å². The Kier molecular flexibility index (Phi) is 8.61. The molecule has 3 aromatic rings. The van der Waals surface area contributed by atoms with Crippen molar-refractivity contribution in [3.63, 3.8) is 0 Å². The van der Waals surface area contributed by atoms with Gasteiger partial charge in [0.05, 0.1) is 22.3 Å². The minimum Gasteiger partial charge on any atom is -0.489 e. The van der Waals surface area contributed by atoms with E-state index in [1.807, 2.05) is 58.0 Å². The summed E-state index contributed by atoms with van der Waals surface area (Å²) in [5.41, 5.74) is 3.17. The largest absolute Gasteiger partial charge is 0.489 e. The van der Waals surface area contributed by atoms with E-state index in [0.29, 0.717) is 38.3 Å². The third-order valence-electron chi connectivity index (χ3n) is 6.38. The van der Waals surface area contributed by atoms with E-state index >= 15 is 0 Å².